The van der Waals surface area contributed by atoms with Gasteiger partial charge in [0.2, 0.25) is 11.8 Å². The Kier molecular flexibility index (Phi) is 7.33. The Balaban J connectivity index is 1.59. The van der Waals surface area contributed by atoms with Crippen LogP contribution in [0.3, 0.4) is 0 Å². The highest BCUT2D eigenvalue weighted by molar-refractivity contribution is 6.06. The Morgan fingerprint density at radius 1 is 1.08 bits per heavy atom. The third-order valence-corrected chi connectivity index (χ3v) is 5.97. The number of hydrogen-bond acceptors (Lipinski definition) is 3. The minimum absolute atomic E-state index is 0.0360. The number of hydrogen-bond donors (Lipinski definition) is 1. The molecule has 0 unspecified atom stereocenters. The molecule has 1 aliphatic rings. The molecule has 0 radical (unpaired) electrons. The van der Waals surface area contributed by atoms with E-state index in [0.717, 1.165) is 28.5 Å². The molecule has 4 rings (SSSR count). The van der Waals surface area contributed by atoms with Crippen LogP contribution >= 0.6 is 0 Å². The van der Waals surface area contributed by atoms with Crippen LogP contribution in [0.5, 0.6) is 0 Å². The monoisotopic (exact) mass is 491 g/mol. The van der Waals surface area contributed by atoms with Crippen LogP contribution in [0.2, 0.25) is 0 Å². The zero-order valence-corrected chi connectivity index (χ0v) is 19.5. The Hall–Kier alpha value is -4.20. The van der Waals surface area contributed by atoms with Crippen LogP contribution in [0.1, 0.15) is 24.5 Å². The van der Waals surface area contributed by atoms with Gasteiger partial charge in [0, 0.05) is 54.9 Å². The van der Waals surface area contributed by atoms with Crippen molar-refractivity contribution in [3.8, 4) is 0 Å². The van der Waals surface area contributed by atoms with E-state index >= 15 is 0 Å². The molecule has 3 aromatic rings. The number of fused-ring (bicyclic) bond motifs is 1. The van der Waals surface area contributed by atoms with E-state index in [1.54, 1.807) is 35.5 Å². The van der Waals surface area contributed by atoms with Crippen molar-refractivity contribution in [3.63, 3.8) is 0 Å². The standard InChI is InChI=1S/C28H24F3N3O2/c1-19(35)34-16-13-21(14-17-34)24(20-8-10-23(11-9-20)28(29,30)31)5-3-7-27(36)33-26-6-2-4-22-18-32-15-12-25(22)26/h2-13,15,18H,14,16-17H2,1H3,(H,33,36)/b7-3+,24-5+. The molecule has 0 atom stereocenters. The average molecular weight is 492 g/mol. The van der Waals surface area contributed by atoms with Crippen molar-refractivity contribution in [1.82, 2.24) is 9.88 Å². The van der Waals surface area contributed by atoms with Crippen LogP contribution in [0.25, 0.3) is 16.3 Å². The summed E-state index contributed by atoms with van der Waals surface area (Å²) in [7, 11) is 0. The van der Waals surface area contributed by atoms with Gasteiger partial charge in [0.25, 0.3) is 0 Å². The zero-order valence-electron chi connectivity index (χ0n) is 19.5. The topological polar surface area (TPSA) is 62.3 Å². The van der Waals surface area contributed by atoms with Crippen LogP contribution in [0.15, 0.2) is 90.8 Å². The molecule has 0 saturated heterocycles. The normalized spacial score (nSPS) is 14.7. The van der Waals surface area contributed by atoms with Crippen LogP contribution < -0.4 is 5.32 Å². The number of carbonyl (C=O) groups is 2. The number of rotatable bonds is 5. The first-order valence-electron chi connectivity index (χ1n) is 11.4. The Labute approximate surface area is 206 Å². The molecule has 0 aliphatic carbocycles. The molecule has 0 saturated carbocycles. The van der Waals surface area contributed by atoms with Gasteiger partial charge in [0.15, 0.2) is 0 Å². The van der Waals surface area contributed by atoms with Gasteiger partial charge in [-0.05, 0) is 47.4 Å². The van der Waals surface area contributed by atoms with Crippen LogP contribution in [0, 0.1) is 0 Å². The van der Waals surface area contributed by atoms with Gasteiger partial charge < -0.3 is 10.2 Å². The van der Waals surface area contributed by atoms with Crippen molar-refractivity contribution >= 4 is 33.8 Å². The number of alkyl halides is 3. The molecule has 1 aromatic heterocycles. The third kappa shape index (κ3) is 5.89. The number of allylic oxidation sites excluding steroid dienone is 3. The minimum Gasteiger partial charge on any atom is -0.339 e. The lowest BCUT2D eigenvalue weighted by Gasteiger charge is -2.26. The second-order valence-electron chi connectivity index (χ2n) is 8.35. The van der Waals surface area contributed by atoms with Crippen LogP contribution in [-0.4, -0.2) is 34.8 Å². The molecule has 0 fully saturated rings. The number of pyridine rings is 1. The summed E-state index contributed by atoms with van der Waals surface area (Å²) in [4.78, 5) is 30.0. The van der Waals surface area contributed by atoms with E-state index in [4.69, 9.17) is 0 Å². The number of nitrogens with one attached hydrogen (secondary N) is 1. The van der Waals surface area contributed by atoms with Crippen LogP contribution in [-0.2, 0) is 15.8 Å². The molecule has 2 amide bonds. The summed E-state index contributed by atoms with van der Waals surface area (Å²) < 4.78 is 39.1. The van der Waals surface area contributed by atoms with E-state index < -0.39 is 11.7 Å². The molecular weight excluding hydrogens is 467 g/mol. The molecule has 0 bridgehead atoms. The second kappa shape index (κ2) is 10.6. The fourth-order valence-corrected chi connectivity index (χ4v) is 4.06. The maximum absolute atomic E-state index is 13.0. The van der Waals surface area contributed by atoms with Crippen molar-refractivity contribution in [1.29, 1.82) is 0 Å². The molecule has 1 aliphatic heterocycles. The summed E-state index contributed by atoms with van der Waals surface area (Å²) in [6.45, 7) is 2.43. The van der Waals surface area contributed by atoms with E-state index in [0.29, 0.717) is 36.3 Å². The van der Waals surface area contributed by atoms with Gasteiger partial charge in [0.05, 0.1) is 5.56 Å². The quantitative estimate of drug-likeness (QED) is 0.351. The SMILES string of the molecule is CC(=O)N1CC=C(/C(=C/C=C/C(=O)Nc2cccc3cnccc23)c2ccc(C(F)(F)F)cc2)CC1. The first-order chi connectivity index (χ1) is 17.2. The van der Waals surface area contributed by atoms with Crippen molar-refractivity contribution in [2.75, 3.05) is 18.4 Å². The molecule has 0 spiro atoms. The summed E-state index contributed by atoms with van der Waals surface area (Å²) in [5.74, 6) is -0.381. The van der Waals surface area contributed by atoms with Gasteiger partial charge >= 0.3 is 6.18 Å². The van der Waals surface area contributed by atoms with E-state index in [-0.39, 0.29) is 11.8 Å². The summed E-state index contributed by atoms with van der Waals surface area (Å²) in [5.41, 5.74) is 2.12. The molecule has 36 heavy (non-hydrogen) atoms. The second-order valence-corrected chi connectivity index (χ2v) is 8.35. The highest BCUT2D eigenvalue weighted by Crippen LogP contribution is 2.33. The van der Waals surface area contributed by atoms with E-state index in [9.17, 15) is 22.8 Å². The first-order valence-corrected chi connectivity index (χ1v) is 11.4. The van der Waals surface area contributed by atoms with Crippen LogP contribution in [0.4, 0.5) is 18.9 Å². The summed E-state index contributed by atoms with van der Waals surface area (Å²) >= 11 is 0. The van der Waals surface area contributed by atoms with Gasteiger partial charge in [-0.1, -0.05) is 42.5 Å². The molecule has 2 aromatic carbocycles. The highest BCUT2D eigenvalue weighted by Gasteiger charge is 2.30. The number of halogens is 3. The molecule has 2 heterocycles. The van der Waals surface area contributed by atoms with Crippen molar-refractivity contribution < 1.29 is 22.8 Å². The molecular formula is C28H24F3N3O2. The average Bonchev–Trinajstić information content (AvgIpc) is 2.86. The smallest absolute Gasteiger partial charge is 0.339 e. The van der Waals surface area contributed by atoms with E-state index in [2.05, 4.69) is 10.3 Å². The zero-order chi connectivity index (χ0) is 25.7. The molecule has 184 valence electrons. The highest BCUT2D eigenvalue weighted by atomic mass is 19.4. The van der Waals surface area contributed by atoms with Crippen molar-refractivity contribution in [2.45, 2.75) is 19.5 Å². The van der Waals surface area contributed by atoms with Gasteiger partial charge in [-0.3, -0.25) is 14.6 Å². The fraction of sp³-hybridized carbons (Fsp3) is 0.179. The predicted molar refractivity (Wildman–Crippen MR) is 134 cm³/mol. The lowest BCUT2D eigenvalue weighted by atomic mass is 9.92. The van der Waals surface area contributed by atoms with Crippen molar-refractivity contribution in [3.05, 3.63) is 102 Å². The lowest BCUT2D eigenvalue weighted by molar-refractivity contribution is -0.137. The van der Waals surface area contributed by atoms with E-state index in [1.807, 2.05) is 24.3 Å². The number of aromatic nitrogens is 1. The molecule has 8 heteroatoms. The number of amides is 2. The van der Waals surface area contributed by atoms with Crippen molar-refractivity contribution in [2.24, 2.45) is 0 Å². The maximum Gasteiger partial charge on any atom is 0.416 e. The van der Waals surface area contributed by atoms with Gasteiger partial charge in [0.1, 0.15) is 0 Å². The van der Waals surface area contributed by atoms with Gasteiger partial charge in [-0.15, -0.1) is 0 Å². The maximum atomic E-state index is 13.0. The Morgan fingerprint density at radius 2 is 1.86 bits per heavy atom. The Bertz CT molecular complexity index is 1370. The Morgan fingerprint density at radius 3 is 2.53 bits per heavy atom. The molecule has 5 nitrogen and oxygen atoms in total. The number of benzene rings is 2. The predicted octanol–water partition coefficient (Wildman–Crippen LogP) is 6.01. The number of carbonyl (C=O) groups excluding carboxylic acids is 2. The van der Waals surface area contributed by atoms with Gasteiger partial charge in [-0.25, -0.2) is 0 Å². The fourth-order valence-electron chi connectivity index (χ4n) is 4.06. The summed E-state index contributed by atoms with van der Waals surface area (Å²) in [5, 5.41) is 4.61. The largest absolute Gasteiger partial charge is 0.416 e. The summed E-state index contributed by atoms with van der Waals surface area (Å²) in [6, 6.07) is 12.3. The van der Waals surface area contributed by atoms with E-state index in [1.165, 1.54) is 25.1 Å². The number of nitrogens with zero attached hydrogens (tertiary/aromatic N) is 2. The lowest BCUT2D eigenvalue weighted by Crippen LogP contribution is -2.33. The third-order valence-electron chi connectivity index (χ3n) is 5.97. The van der Waals surface area contributed by atoms with Gasteiger partial charge in [-0.2, -0.15) is 13.2 Å². The summed E-state index contributed by atoms with van der Waals surface area (Å²) in [6.07, 6.45) is 6.04. The first kappa shape index (κ1) is 24.9. The molecule has 1 N–H and O–H groups in total. The number of anilines is 1. The minimum atomic E-state index is -4.43.